The van der Waals surface area contributed by atoms with Crippen molar-refractivity contribution in [2.24, 2.45) is 0 Å². The molecule has 6 nitrogen and oxygen atoms in total. The Bertz CT molecular complexity index is 519. The van der Waals surface area contributed by atoms with E-state index in [-0.39, 0.29) is 22.4 Å². The van der Waals surface area contributed by atoms with Crippen molar-refractivity contribution in [3.8, 4) is 5.75 Å². The highest BCUT2D eigenvalue weighted by Gasteiger charge is 2.38. The van der Waals surface area contributed by atoms with Gasteiger partial charge in [0, 0.05) is 0 Å². The van der Waals surface area contributed by atoms with E-state index in [1.807, 2.05) is 0 Å². The molecule has 1 heterocycles. The summed E-state index contributed by atoms with van der Waals surface area (Å²) >= 11 is 0. The molecule has 0 spiro atoms. The molecule has 1 aromatic carbocycles. The van der Waals surface area contributed by atoms with Crippen molar-refractivity contribution in [1.29, 1.82) is 0 Å². The van der Waals surface area contributed by atoms with Gasteiger partial charge in [-0.3, -0.25) is 0 Å². The standard InChI is InChI=1S/C11H10O6/c1-4-3-5(9(12)13)6-7(8(4)16-2)11(15)17-10(6)14/h3,10,14H,1-2H3,(H,12,13). The SMILES string of the molecule is COc1c(C)cc(C(=O)O)c2c1C(=O)OC2O. The highest BCUT2D eigenvalue weighted by molar-refractivity contribution is 6.02. The Hall–Kier alpha value is -2.08. The van der Waals surface area contributed by atoms with Gasteiger partial charge in [0.25, 0.3) is 0 Å². The number of hydrogen-bond acceptors (Lipinski definition) is 5. The zero-order valence-electron chi connectivity index (χ0n) is 9.18. The van der Waals surface area contributed by atoms with Gasteiger partial charge in [-0.15, -0.1) is 0 Å². The molecule has 0 aromatic heterocycles. The molecule has 0 amide bonds. The summed E-state index contributed by atoms with van der Waals surface area (Å²) in [6.07, 6.45) is -1.56. The number of aromatic carboxylic acids is 1. The normalized spacial score (nSPS) is 17.6. The van der Waals surface area contributed by atoms with Gasteiger partial charge >= 0.3 is 11.9 Å². The van der Waals surface area contributed by atoms with E-state index in [1.54, 1.807) is 6.92 Å². The fraction of sp³-hybridized carbons (Fsp3) is 0.273. The highest BCUT2D eigenvalue weighted by atomic mass is 16.6. The summed E-state index contributed by atoms with van der Waals surface area (Å²) in [5.74, 6) is -1.79. The van der Waals surface area contributed by atoms with Crippen LogP contribution in [0.5, 0.6) is 5.75 Å². The van der Waals surface area contributed by atoms with Crippen LogP contribution in [0.15, 0.2) is 6.07 Å². The molecule has 1 aliphatic heterocycles. The van der Waals surface area contributed by atoms with Gasteiger partial charge in [0.1, 0.15) is 11.3 Å². The molecule has 0 aliphatic carbocycles. The van der Waals surface area contributed by atoms with E-state index in [4.69, 9.17) is 9.84 Å². The first-order valence-electron chi connectivity index (χ1n) is 4.81. The molecule has 0 bridgehead atoms. The maximum absolute atomic E-state index is 11.5. The average molecular weight is 238 g/mol. The van der Waals surface area contributed by atoms with E-state index in [2.05, 4.69) is 4.74 Å². The quantitative estimate of drug-likeness (QED) is 0.742. The Morgan fingerprint density at radius 2 is 2.18 bits per heavy atom. The number of fused-ring (bicyclic) bond motifs is 1. The fourth-order valence-corrected chi connectivity index (χ4v) is 1.93. The van der Waals surface area contributed by atoms with Crippen molar-refractivity contribution in [1.82, 2.24) is 0 Å². The topological polar surface area (TPSA) is 93.1 Å². The lowest BCUT2D eigenvalue weighted by Gasteiger charge is -2.11. The number of carboxylic acid groups (broad SMARTS) is 1. The van der Waals surface area contributed by atoms with E-state index in [1.165, 1.54) is 13.2 Å². The smallest absolute Gasteiger partial charge is 0.345 e. The van der Waals surface area contributed by atoms with E-state index >= 15 is 0 Å². The number of aliphatic hydroxyl groups is 1. The molecule has 1 unspecified atom stereocenters. The predicted octanol–water partition coefficient (Wildman–Crippen LogP) is 0.863. The molecular weight excluding hydrogens is 228 g/mol. The van der Waals surface area contributed by atoms with Crippen molar-refractivity contribution in [3.05, 3.63) is 28.3 Å². The lowest BCUT2D eigenvalue weighted by molar-refractivity contribution is -0.0552. The Morgan fingerprint density at radius 3 is 2.71 bits per heavy atom. The number of carbonyl (C=O) groups is 2. The second-order valence-corrected chi connectivity index (χ2v) is 3.63. The lowest BCUT2D eigenvalue weighted by Crippen LogP contribution is -2.08. The van der Waals surface area contributed by atoms with E-state index < -0.39 is 18.2 Å². The third-order valence-corrected chi connectivity index (χ3v) is 2.61. The van der Waals surface area contributed by atoms with Crippen molar-refractivity contribution < 1.29 is 29.3 Å². The molecule has 0 saturated carbocycles. The molecule has 0 saturated heterocycles. The van der Waals surface area contributed by atoms with Crippen molar-refractivity contribution in [3.63, 3.8) is 0 Å². The minimum absolute atomic E-state index is 0.0163. The van der Waals surface area contributed by atoms with Crippen molar-refractivity contribution in [2.75, 3.05) is 7.11 Å². The van der Waals surface area contributed by atoms with Gasteiger partial charge in [-0.1, -0.05) is 0 Å². The number of aliphatic hydroxyl groups excluding tert-OH is 1. The monoisotopic (exact) mass is 238 g/mol. The molecule has 1 aliphatic rings. The first-order valence-corrected chi connectivity index (χ1v) is 4.81. The highest BCUT2D eigenvalue weighted by Crippen LogP contribution is 2.39. The van der Waals surface area contributed by atoms with Crippen LogP contribution in [0.4, 0.5) is 0 Å². The molecule has 2 rings (SSSR count). The van der Waals surface area contributed by atoms with Gasteiger partial charge in [0.15, 0.2) is 0 Å². The second-order valence-electron chi connectivity index (χ2n) is 3.63. The molecular formula is C11H10O6. The van der Waals surface area contributed by atoms with Crippen LogP contribution < -0.4 is 4.74 Å². The van der Waals surface area contributed by atoms with Gasteiger partial charge in [-0.2, -0.15) is 0 Å². The van der Waals surface area contributed by atoms with Gasteiger partial charge < -0.3 is 19.7 Å². The fourth-order valence-electron chi connectivity index (χ4n) is 1.93. The van der Waals surface area contributed by atoms with Gasteiger partial charge in [0.05, 0.1) is 18.2 Å². The number of ether oxygens (including phenoxy) is 2. The van der Waals surface area contributed by atoms with Gasteiger partial charge in [-0.05, 0) is 18.6 Å². The third-order valence-electron chi connectivity index (χ3n) is 2.61. The van der Waals surface area contributed by atoms with Crippen LogP contribution in [0, 0.1) is 6.92 Å². The van der Waals surface area contributed by atoms with Crippen LogP contribution in [-0.2, 0) is 4.74 Å². The summed E-state index contributed by atoms with van der Waals surface area (Å²) in [5.41, 5.74) is 0.272. The first-order chi connectivity index (χ1) is 7.97. The van der Waals surface area contributed by atoms with E-state index in [9.17, 15) is 14.7 Å². The lowest BCUT2D eigenvalue weighted by atomic mass is 9.97. The minimum Gasteiger partial charge on any atom is -0.496 e. The van der Waals surface area contributed by atoms with Crippen LogP contribution in [-0.4, -0.2) is 29.3 Å². The Kier molecular flexibility index (Phi) is 2.51. The van der Waals surface area contributed by atoms with E-state index in [0.717, 1.165) is 0 Å². The number of carboxylic acids is 1. The number of cyclic esters (lactones) is 1. The maximum Gasteiger partial charge on any atom is 0.345 e. The largest absolute Gasteiger partial charge is 0.496 e. The number of aryl methyl sites for hydroxylation is 1. The van der Waals surface area contributed by atoms with Gasteiger partial charge in [0.2, 0.25) is 6.29 Å². The van der Waals surface area contributed by atoms with Crippen LogP contribution in [0.1, 0.15) is 38.1 Å². The summed E-state index contributed by atoms with van der Waals surface area (Å²) in [6.45, 7) is 1.61. The van der Waals surface area contributed by atoms with Crippen LogP contribution in [0.25, 0.3) is 0 Å². The number of esters is 1. The predicted molar refractivity (Wildman–Crippen MR) is 55.1 cm³/mol. The van der Waals surface area contributed by atoms with Gasteiger partial charge in [-0.25, -0.2) is 9.59 Å². The summed E-state index contributed by atoms with van der Waals surface area (Å²) in [4.78, 5) is 22.6. The van der Waals surface area contributed by atoms with Crippen LogP contribution in [0.2, 0.25) is 0 Å². The number of rotatable bonds is 2. The summed E-state index contributed by atoms with van der Waals surface area (Å²) in [6, 6.07) is 1.34. The Labute approximate surface area is 96.4 Å². The molecule has 17 heavy (non-hydrogen) atoms. The second kappa shape index (κ2) is 3.74. The molecule has 90 valence electrons. The number of carbonyl (C=O) groups excluding carboxylic acids is 1. The molecule has 0 radical (unpaired) electrons. The number of benzene rings is 1. The minimum atomic E-state index is -1.56. The molecule has 1 atom stereocenters. The van der Waals surface area contributed by atoms with Crippen molar-refractivity contribution >= 4 is 11.9 Å². The molecule has 6 heteroatoms. The van der Waals surface area contributed by atoms with Crippen LogP contribution in [0.3, 0.4) is 0 Å². The zero-order valence-corrected chi connectivity index (χ0v) is 9.18. The molecule has 0 fully saturated rings. The summed E-state index contributed by atoms with van der Waals surface area (Å²) < 4.78 is 9.63. The maximum atomic E-state index is 11.5. The third kappa shape index (κ3) is 1.53. The Balaban J connectivity index is 2.82. The molecule has 2 N–H and O–H groups in total. The zero-order chi connectivity index (χ0) is 12.7. The Morgan fingerprint density at radius 1 is 1.53 bits per heavy atom. The van der Waals surface area contributed by atoms with Crippen LogP contribution >= 0.6 is 0 Å². The molecule has 1 aromatic rings. The average Bonchev–Trinajstić information content (AvgIpc) is 2.54. The van der Waals surface area contributed by atoms with E-state index in [0.29, 0.717) is 5.56 Å². The summed E-state index contributed by atoms with van der Waals surface area (Å²) in [5, 5.41) is 18.6. The number of hydrogen-bond donors (Lipinski definition) is 2. The number of methoxy groups -OCH3 is 1. The first kappa shape index (κ1) is 11.4. The summed E-state index contributed by atoms with van der Waals surface area (Å²) in [7, 11) is 1.36. The van der Waals surface area contributed by atoms with Crippen molar-refractivity contribution in [2.45, 2.75) is 13.2 Å².